The van der Waals surface area contributed by atoms with Gasteiger partial charge in [0.1, 0.15) is 0 Å². The van der Waals surface area contributed by atoms with Gasteiger partial charge in [-0.3, -0.25) is 9.59 Å². The van der Waals surface area contributed by atoms with E-state index in [0.29, 0.717) is 24.4 Å². The standard InChI is InChI=1S/C15H17Br2NO3/c1-2-8-5-10(11(6-8)15(20)21)14(19)18-13-4-3-9(16)7-12(13)17/h3-4,7-8,10-11H,2,5-6H2,1H3,(H,18,19)(H,20,21). The fourth-order valence-electron chi connectivity index (χ4n) is 2.86. The summed E-state index contributed by atoms with van der Waals surface area (Å²) in [5.41, 5.74) is 0.660. The Labute approximate surface area is 140 Å². The summed E-state index contributed by atoms with van der Waals surface area (Å²) in [4.78, 5) is 23.8. The molecule has 114 valence electrons. The summed E-state index contributed by atoms with van der Waals surface area (Å²) < 4.78 is 1.67. The molecule has 0 spiro atoms. The number of benzene rings is 1. The van der Waals surface area contributed by atoms with Gasteiger partial charge in [-0.25, -0.2) is 0 Å². The minimum atomic E-state index is -0.874. The molecule has 1 fully saturated rings. The van der Waals surface area contributed by atoms with Crippen LogP contribution in [-0.2, 0) is 9.59 Å². The second-order valence-corrected chi connectivity index (χ2v) is 7.18. The third-order valence-electron chi connectivity index (χ3n) is 4.08. The van der Waals surface area contributed by atoms with Crippen molar-refractivity contribution in [3.63, 3.8) is 0 Å². The molecule has 3 unspecified atom stereocenters. The molecule has 0 bridgehead atoms. The second kappa shape index (κ2) is 6.92. The fourth-order valence-corrected chi connectivity index (χ4v) is 4.00. The highest BCUT2D eigenvalue weighted by Crippen LogP contribution is 2.39. The first kappa shape index (κ1) is 16.5. The number of carbonyl (C=O) groups excluding carboxylic acids is 1. The van der Waals surface area contributed by atoms with E-state index < -0.39 is 17.8 Å². The summed E-state index contributed by atoms with van der Waals surface area (Å²) in [6.45, 7) is 2.04. The number of carboxylic acid groups (broad SMARTS) is 1. The van der Waals surface area contributed by atoms with Gasteiger partial charge in [-0.15, -0.1) is 0 Å². The SMILES string of the molecule is CCC1CC(C(=O)O)C(C(=O)Nc2ccc(Br)cc2Br)C1. The summed E-state index contributed by atoms with van der Waals surface area (Å²) in [5, 5.41) is 12.1. The normalized spacial score (nSPS) is 24.8. The lowest BCUT2D eigenvalue weighted by atomic mass is 9.95. The predicted octanol–water partition coefficient (Wildman–Crippen LogP) is 4.29. The molecule has 1 aromatic rings. The van der Waals surface area contributed by atoms with Crippen LogP contribution in [0.5, 0.6) is 0 Å². The van der Waals surface area contributed by atoms with Gasteiger partial charge >= 0.3 is 5.97 Å². The lowest BCUT2D eigenvalue weighted by Gasteiger charge is -2.16. The molecule has 2 N–H and O–H groups in total. The van der Waals surface area contributed by atoms with Crippen LogP contribution >= 0.6 is 31.9 Å². The maximum atomic E-state index is 12.4. The average Bonchev–Trinajstić information content (AvgIpc) is 2.86. The van der Waals surface area contributed by atoms with Crippen LogP contribution in [0, 0.1) is 17.8 Å². The Kier molecular flexibility index (Phi) is 5.43. The summed E-state index contributed by atoms with van der Waals surface area (Å²) in [6.07, 6.45) is 2.15. The van der Waals surface area contributed by atoms with Gasteiger partial charge in [0.2, 0.25) is 5.91 Å². The first-order chi connectivity index (χ1) is 9.92. The van der Waals surface area contributed by atoms with Crippen LogP contribution in [0.1, 0.15) is 26.2 Å². The highest BCUT2D eigenvalue weighted by atomic mass is 79.9. The van der Waals surface area contributed by atoms with E-state index >= 15 is 0 Å². The van der Waals surface area contributed by atoms with Crippen LogP contribution in [0.4, 0.5) is 5.69 Å². The summed E-state index contributed by atoms with van der Waals surface area (Å²) in [5.74, 6) is -1.80. The minimum Gasteiger partial charge on any atom is -0.481 e. The summed E-state index contributed by atoms with van der Waals surface area (Å²) in [7, 11) is 0. The molecule has 0 aliphatic heterocycles. The number of nitrogens with one attached hydrogen (secondary N) is 1. The molecule has 1 aromatic carbocycles. The quantitative estimate of drug-likeness (QED) is 0.766. The van der Waals surface area contributed by atoms with Gasteiger partial charge in [-0.1, -0.05) is 29.3 Å². The number of amides is 1. The summed E-state index contributed by atoms with van der Waals surface area (Å²) >= 11 is 6.75. The molecule has 1 saturated carbocycles. The highest BCUT2D eigenvalue weighted by Gasteiger charge is 2.42. The van der Waals surface area contributed by atoms with Gasteiger partial charge in [0.25, 0.3) is 0 Å². The number of hydrogen-bond acceptors (Lipinski definition) is 2. The van der Waals surface area contributed by atoms with Gasteiger partial charge in [0.05, 0.1) is 17.5 Å². The van der Waals surface area contributed by atoms with E-state index in [9.17, 15) is 14.7 Å². The first-order valence-electron chi connectivity index (χ1n) is 6.91. The van der Waals surface area contributed by atoms with Crippen molar-refractivity contribution in [3.05, 3.63) is 27.1 Å². The molecule has 3 atom stereocenters. The second-order valence-electron chi connectivity index (χ2n) is 5.41. The Balaban J connectivity index is 2.13. The zero-order valence-corrected chi connectivity index (χ0v) is 14.8. The first-order valence-corrected chi connectivity index (χ1v) is 8.49. The zero-order chi connectivity index (χ0) is 15.6. The molecule has 0 aromatic heterocycles. The Morgan fingerprint density at radius 1 is 1.29 bits per heavy atom. The smallest absolute Gasteiger partial charge is 0.307 e. The van der Waals surface area contributed by atoms with Gasteiger partial charge in [-0.05, 0) is 52.9 Å². The van der Waals surface area contributed by atoms with Gasteiger partial charge in [-0.2, -0.15) is 0 Å². The Hall–Kier alpha value is -0.880. The van der Waals surface area contributed by atoms with E-state index in [1.165, 1.54) is 0 Å². The van der Waals surface area contributed by atoms with E-state index in [4.69, 9.17) is 0 Å². The molecule has 6 heteroatoms. The van der Waals surface area contributed by atoms with Crippen molar-refractivity contribution in [2.75, 3.05) is 5.32 Å². The van der Waals surface area contributed by atoms with Crippen molar-refractivity contribution >= 4 is 49.4 Å². The third-order valence-corrected chi connectivity index (χ3v) is 5.23. The number of hydrogen-bond donors (Lipinski definition) is 2. The number of halogens is 2. The maximum Gasteiger partial charge on any atom is 0.307 e. The third kappa shape index (κ3) is 3.86. The molecular formula is C15H17Br2NO3. The number of anilines is 1. The van der Waals surface area contributed by atoms with Crippen molar-refractivity contribution in [3.8, 4) is 0 Å². The molecule has 0 saturated heterocycles. The lowest BCUT2D eigenvalue weighted by molar-refractivity contribution is -0.145. The minimum absolute atomic E-state index is 0.207. The average molecular weight is 419 g/mol. The maximum absolute atomic E-state index is 12.4. The van der Waals surface area contributed by atoms with Crippen molar-refractivity contribution in [2.24, 2.45) is 17.8 Å². The molecule has 1 aliphatic rings. The van der Waals surface area contributed by atoms with Gasteiger partial charge in [0.15, 0.2) is 0 Å². The van der Waals surface area contributed by atoms with Crippen LogP contribution in [0.15, 0.2) is 27.1 Å². The largest absolute Gasteiger partial charge is 0.481 e. The number of aliphatic carboxylic acids is 1. The van der Waals surface area contributed by atoms with Crippen LogP contribution in [-0.4, -0.2) is 17.0 Å². The zero-order valence-electron chi connectivity index (χ0n) is 11.6. The van der Waals surface area contributed by atoms with Crippen molar-refractivity contribution in [2.45, 2.75) is 26.2 Å². The van der Waals surface area contributed by atoms with Gasteiger partial charge in [0, 0.05) is 8.95 Å². The van der Waals surface area contributed by atoms with E-state index in [0.717, 1.165) is 15.4 Å². The Bertz CT molecular complexity index is 562. The van der Waals surface area contributed by atoms with Crippen molar-refractivity contribution in [1.82, 2.24) is 0 Å². The topological polar surface area (TPSA) is 66.4 Å². The number of rotatable bonds is 4. The van der Waals surface area contributed by atoms with Crippen LogP contribution < -0.4 is 5.32 Å². The molecule has 0 heterocycles. The van der Waals surface area contributed by atoms with Crippen LogP contribution in [0.2, 0.25) is 0 Å². The van der Waals surface area contributed by atoms with E-state index in [-0.39, 0.29) is 5.91 Å². The van der Waals surface area contributed by atoms with E-state index in [1.807, 2.05) is 19.1 Å². The van der Waals surface area contributed by atoms with Crippen LogP contribution in [0.25, 0.3) is 0 Å². The predicted molar refractivity (Wildman–Crippen MR) is 88.1 cm³/mol. The summed E-state index contributed by atoms with van der Waals surface area (Å²) in [6, 6.07) is 5.46. The number of carboxylic acids is 1. The Morgan fingerprint density at radius 2 is 1.95 bits per heavy atom. The molecule has 1 aliphatic carbocycles. The van der Waals surface area contributed by atoms with Crippen LogP contribution in [0.3, 0.4) is 0 Å². The molecule has 4 nitrogen and oxygen atoms in total. The van der Waals surface area contributed by atoms with Gasteiger partial charge < -0.3 is 10.4 Å². The van der Waals surface area contributed by atoms with E-state index in [2.05, 4.69) is 37.2 Å². The fraction of sp³-hybridized carbons (Fsp3) is 0.467. The Morgan fingerprint density at radius 3 is 2.52 bits per heavy atom. The number of carbonyl (C=O) groups is 2. The molecular weight excluding hydrogens is 402 g/mol. The molecule has 1 amide bonds. The monoisotopic (exact) mass is 417 g/mol. The highest BCUT2D eigenvalue weighted by molar-refractivity contribution is 9.11. The molecule has 21 heavy (non-hydrogen) atoms. The van der Waals surface area contributed by atoms with E-state index in [1.54, 1.807) is 6.07 Å². The molecule has 0 radical (unpaired) electrons. The van der Waals surface area contributed by atoms with Crippen molar-refractivity contribution < 1.29 is 14.7 Å². The van der Waals surface area contributed by atoms with Crippen molar-refractivity contribution in [1.29, 1.82) is 0 Å². The lowest BCUT2D eigenvalue weighted by Crippen LogP contribution is -2.30. The molecule has 2 rings (SSSR count).